The molecule has 2 bridgehead atoms. The first-order chi connectivity index (χ1) is 9.60. The molecule has 20 heavy (non-hydrogen) atoms. The molecule has 108 valence electrons. The number of carbonyl (C=O) groups is 2. The Hall–Kier alpha value is -1.43. The van der Waals surface area contributed by atoms with Crippen LogP contribution in [0, 0.1) is 11.8 Å². The van der Waals surface area contributed by atoms with Gasteiger partial charge in [-0.25, -0.2) is 14.6 Å². The first-order valence-corrected chi connectivity index (χ1v) is 7.83. The maximum Gasteiger partial charge on any atom is 0.367 e. The lowest BCUT2D eigenvalue weighted by atomic mass is 9.87. The summed E-state index contributed by atoms with van der Waals surface area (Å²) in [5.41, 5.74) is 0.0515. The number of fused-ring (bicyclic) bond motifs is 2. The Morgan fingerprint density at radius 1 is 1.40 bits per heavy atom. The van der Waals surface area contributed by atoms with Crippen LogP contribution in [0.5, 0.6) is 0 Å². The highest BCUT2D eigenvalue weighted by Crippen LogP contribution is 2.54. The van der Waals surface area contributed by atoms with Crippen LogP contribution in [0.3, 0.4) is 0 Å². The van der Waals surface area contributed by atoms with Crippen molar-refractivity contribution in [2.75, 3.05) is 6.61 Å². The number of hydrogen-bond donors (Lipinski definition) is 1. The van der Waals surface area contributed by atoms with E-state index in [4.69, 9.17) is 4.74 Å². The number of thiazole rings is 1. The van der Waals surface area contributed by atoms with Crippen LogP contribution in [0.4, 0.5) is 0 Å². The van der Waals surface area contributed by atoms with Crippen LogP contribution in [0.2, 0.25) is 0 Å². The van der Waals surface area contributed by atoms with Crippen molar-refractivity contribution >= 4 is 23.3 Å². The molecule has 2 aliphatic rings. The first-order valence-electron chi connectivity index (χ1n) is 7.01. The van der Waals surface area contributed by atoms with E-state index in [1.807, 2.05) is 0 Å². The van der Waals surface area contributed by atoms with Gasteiger partial charge in [0.1, 0.15) is 0 Å². The lowest BCUT2D eigenvalue weighted by Crippen LogP contribution is -2.11. The molecule has 2 fully saturated rings. The van der Waals surface area contributed by atoms with Crippen molar-refractivity contribution in [3.8, 4) is 0 Å². The van der Waals surface area contributed by atoms with Crippen molar-refractivity contribution < 1.29 is 19.4 Å². The summed E-state index contributed by atoms with van der Waals surface area (Å²) in [6.07, 6.45) is 4.65. The summed E-state index contributed by atoms with van der Waals surface area (Å²) in [5.74, 6) is -0.0158. The van der Waals surface area contributed by atoms with E-state index in [-0.39, 0.29) is 23.2 Å². The van der Waals surface area contributed by atoms with Gasteiger partial charge in [0.25, 0.3) is 0 Å². The van der Waals surface area contributed by atoms with Gasteiger partial charge in [-0.2, -0.15) is 0 Å². The van der Waals surface area contributed by atoms with Crippen LogP contribution in [-0.4, -0.2) is 28.6 Å². The summed E-state index contributed by atoms with van der Waals surface area (Å²) in [6, 6.07) is 0. The molecule has 1 aromatic rings. The molecule has 0 spiro atoms. The number of carboxylic acids is 1. The van der Waals surface area contributed by atoms with Crippen LogP contribution in [-0.2, 0) is 4.74 Å². The zero-order valence-electron chi connectivity index (χ0n) is 11.3. The van der Waals surface area contributed by atoms with Crippen LogP contribution < -0.4 is 0 Å². The van der Waals surface area contributed by atoms with Crippen molar-refractivity contribution in [2.45, 2.75) is 38.5 Å². The number of aromatic carboxylic acids is 1. The standard InChI is InChI=1S/C14H17NO4S/c1-2-19-14(18)12-15-10(13(16)17)11(20-12)9-6-7-3-4-8(9)5-7/h7-9H,2-6H2,1H3,(H,16,17). The van der Waals surface area contributed by atoms with Crippen molar-refractivity contribution in [3.63, 3.8) is 0 Å². The minimum absolute atomic E-state index is 0.0515. The highest BCUT2D eigenvalue weighted by Gasteiger charge is 2.43. The monoisotopic (exact) mass is 295 g/mol. The van der Waals surface area contributed by atoms with E-state index in [1.54, 1.807) is 6.92 Å². The molecule has 3 rings (SSSR count). The second-order valence-corrected chi connectivity index (χ2v) is 6.57. The predicted octanol–water partition coefficient (Wildman–Crippen LogP) is 2.92. The van der Waals surface area contributed by atoms with Gasteiger partial charge in [0.15, 0.2) is 5.69 Å². The van der Waals surface area contributed by atoms with Crippen LogP contribution in [0.1, 0.15) is 63.7 Å². The molecule has 2 aliphatic carbocycles. The first kappa shape index (κ1) is 13.5. The molecule has 1 heterocycles. The molecule has 5 nitrogen and oxygen atoms in total. The molecule has 0 saturated heterocycles. The van der Waals surface area contributed by atoms with Crippen molar-refractivity contribution in [1.29, 1.82) is 0 Å². The van der Waals surface area contributed by atoms with Crippen molar-refractivity contribution in [3.05, 3.63) is 15.6 Å². The lowest BCUT2D eigenvalue weighted by molar-refractivity contribution is 0.0526. The SMILES string of the molecule is CCOC(=O)c1nc(C(=O)O)c(C2CC3CCC2C3)s1. The van der Waals surface area contributed by atoms with E-state index in [0.717, 1.165) is 17.2 Å². The molecule has 1 N–H and O–H groups in total. The molecule has 6 heteroatoms. The van der Waals surface area contributed by atoms with E-state index in [2.05, 4.69) is 4.98 Å². The summed E-state index contributed by atoms with van der Waals surface area (Å²) < 4.78 is 4.92. The van der Waals surface area contributed by atoms with Gasteiger partial charge in [0.2, 0.25) is 5.01 Å². The summed E-state index contributed by atoms with van der Waals surface area (Å²) in [6.45, 7) is 1.99. The van der Waals surface area contributed by atoms with Crippen LogP contribution in [0.15, 0.2) is 0 Å². The van der Waals surface area contributed by atoms with E-state index < -0.39 is 11.9 Å². The third-order valence-corrected chi connectivity index (χ3v) is 5.55. The Labute approximate surface area is 121 Å². The highest BCUT2D eigenvalue weighted by molar-refractivity contribution is 7.14. The topological polar surface area (TPSA) is 76.5 Å². The molecule has 1 aromatic heterocycles. The average molecular weight is 295 g/mol. The Morgan fingerprint density at radius 2 is 2.20 bits per heavy atom. The van der Waals surface area contributed by atoms with Gasteiger partial charge in [0.05, 0.1) is 6.61 Å². The smallest absolute Gasteiger partial charge is 0.367 e. The number of aromatic nitrogens is 1. The van der Waals surface area contributed by atoms with Gasteiger partial charge < -0.3 is 9.84 Å². The van der Waals surface area contributed by atoms with Crippen molar-refractivity contribution in [1.82, 2.24) is 4.98 Å². The van der Waals surface area contributed by atoms with Crippen molar-refractivity contribution in [2.24, 2.45) is 11.8 Å². The molecule has 3 atom stereocenters. The zero-order valence-corrected chi connectivity index (χ0v) is 12.1. The van der Waals surface area contributed by atoms with E-state index in [1.165, 1.54) is 30.6 Å². The Bertz CT molecular complexity index is 553. The summed E-state index contributed by atoms with van der Waals surface area (Å²) in [5, 5.41) is 9.48. The van der Waals surface area contributed by atoms with Gasteiger partial charge in [-0.15, -0.1) is 11.3 Å². The van der Waals surface area contributed by atoms with Gasteiger partial charge in [-0.3, -0.25) is 0 Å². The number of esters is 1. The summed E-state index contributed by atoms with van der Waals surface area (Å²) in [4.78, 5) is 27.9. The third kappa shape index (κ3) is 2.22. The van der Waals surface area contributed by atoms with Gasteiger partial charge >= 0.3 is 11.9 Å². The molecular weight excluding hydrogens is 278 g/mol. The van der Waals surface area contributed by atoms with E-state index >= 15 is 0 Å². The average Bonchev–Trinajstić information content (AvgIpc) is 3.13. The van der Waals surface area contributed by atoms with Crippen LogP contribution in [0.25, 0.3) is 0 Å². The summed E-state index contributed by atoms with van der Waals surface area (Å²) in [7, 11) is 0. The molecular formula is C14H17NO4S. The number of hydrogen-bond acceptors (Lipinski definition) is 5. The van der Waals surface area contributed by atoms with Crippen LogP contribution >= 0.6 is 11.3 Å². The Balaban J connectivity index is 1.93. The minimum Gasteiger partial charge on any atom is -0.476 e. The van der Waals surface area contributed by atoms with Gasteiger partial charge in [-0.05, 0) is 43.9 Å². The normalized spacial score (nSPS) is 27.8. The molecule has 0 radical (unpaired) electrons. The quantitative estimate of drug-likeness (QED) is 0.864. The second-order valence-electron chi connectivity index (χ2n) is 5.54. The maximum absolute atomic E-state index is 11.7. The third-order valence-electron chi connectivity index (χ3n) is 4.38. The summed E-state index contributed by atoms with van der Waals surface area (Å²) >= 11 is 1.21. The minimum atomic E-state index is -1.05. The molecule has 2 saturated carbocycles. The van der Waals surface area contributed by atoms with E-state index in [0.29, 0.717) is 5.92 Å². The number of carboxylic acid groups (broad SMARTS) is 1. The number of rotatable bonds is 4. The maximum atomic E-state index is 11.7. The lowest BCUT2D eigenvalue weighted by Gasteiger charge is -2.20. The fraction of sp³-hybridized carbons (Fsp3) is 0.643. The Kier molecular flexibility index (Phi) is 3.50. The van der Waals surface area contributed by atoms with E-state index in [9.17, 15) is 14.7 Å². The molecule has 0 aliphatic heterocycles. The van der Waals surface area contributed by atoms with Gasteiger partial charge in [-0.1, -0.05) is 6.42 Å². The van der Waals surface area contributed by atoms with Gasteiger partial charge in [0, 0.05) is 4.88 Å². The number of carbonyl (C=O) groups excluding carboxylic acids is 1. The molecule has 3 unspecified atom stereocenters. The zero-order chi connectivity index (χ0) is 14.3. The highest BCUT2D eigenvalue weighted by atomic mass is 32.1. The fourth-order valence-electron chi connectivity index (χ4n) is 3.58. The molecule has 0 amide bonds. The largest absolute Gasteiger partial charge is 0.476 e. The number of ether oxygens (including phenoxy) is 1. The second kappa shape index (κ2) is 5.16. The number of nitrogens with zero attached hydrogens (tertiary/aromatic N) is 1. The Morgan fingerprint density at radius 3 is 2.75 bits per heavy atom. The molecule has 0 aromatic carbocycles. The fourth-order valence-corrected chi connectivity index (χ4v) is 4.74. The predicted molar refractivity (Wildman–Crippen MR) is 73.2 cm³/mol.